The molecule has 11 nitrogen and oxygen atoms in total. The van der Waals surface area contributed by atoms with E-state index in [0.717, 1.165) is 9.47 Å². The van der Waals surface area contributed by atoms with E-state index in [1.54, 1.807) is 20.8 Å². The molecule has 0 spiro atoms. The molecule has 156 valence electrons. The molecule has 0 aliphatic carbocycles. The van der Waals surface area contributed by atoms with E-state index in [1.165, 1.54) is 25.1 Å². The van der Waals surface area contributed by atoms with Crippen molar-refractivity contribution in [1.29, 1.82) is 0 Å². The minimum atomic E-state index is -1.24. The van der Waals surface area contributed by atoms with Gasteiger partial charge in [0, 0.05) is 31.9 Å². The van der Waals surface area contributed by atoms with Gasteiger partial charge in [0.05, 0.1) is 0 Å². The van der Waals surface area contributed by atoms with Crippen molar-refractivity contribution in [2.24, 2.45) is 0 Å². The fraction of sp³-hybridized carbons (Fsp3) is 0.588. The fourth-order valence-corrected chi connectivity index (χ4v) is 2.14. The Morgan fingerprint density at radius 3 is 2.36 bits per heavy atom. The largest absolute Gasteiger partial charge is 0.480 e. The van der Waals surface area contributed by atoms with Crippen molar-refractivity contribution in [3.05, 3.63) is 32.6 Å². The summed E-state index contributed by atoms with van der Waals surface area (Å²) in [5.74, 6) is -1.88. The van der Waals surface area contributed by atoms with Gasteiger partial charge in [-0.25, -0.2) is 9.59 Å². The molecule has 0 aliphatic rings. The predicted octanol–water partition coefficient (Wildman–Crippen LogP) is -0.375. The third-order valence-electron chi connectivity index (χ3n) is 3.58. The minimum Gasteiger partial charge on any atom is -0.480 e. The van der Waals surface area contributed by atoms with Gasteiger partial charge in [-0.1, -0.05) is 0 Å². The number of carboxylic acid groups (broad SMARTS) is 1. The molecule has 2 N–H and O–H groups in total. The van der Waals surface area contributed by atoms with Crippen LogP contribution in [-0.2, 0) is 20.9 Å². The number of carboxylic acids is 1. The lowest BCUT2D eigenvalue weighted by Gasteiger charge is -2.27. The van der Waals surface area contributed by atoms with Gasteiger partial charge in [0.2, 0.25) is 5.91 Å². The maximum absolute atomic E-state index is 12.5. The van der Waals surface area contributed by atoms with Crippen LogP contribution in [0.5, 0.6) is 0 Å². The predicted molar refractivity (Wildman–Crippen MR) is 99.1 cm³/mol. The number of nitrogens with zero attached hydrogens (tertiary/aromatic N) is 3. The van der Waals surface area contributed by atoms with Crippen molar-refractivity contribution in [1.82, 2.24) is 19.4 Å². The third kappa shape index (κ3) is 7.25. The van der Waals surface area contributed by atoms with Crippen LogP contribution in [-0.4, -0.2) is 74.7 Å². The lowest BCUT2D eigenvalue weighted by Crippen LogP contribution is -2.45. The first kappa shape index (κ1) is 22.9. The van der Waals surface area contributed by atoms with Gasteiger partial charge in [0.1, 0.15) is 18.7 Å². The number of likely N-dealkylation sites (N-methyl/N-ethyl adjacent to an activating group) is 1. The van der Waals surface area contributed by atoms with Crippen molar-refractivity contribution in [2.45, 2.75) is 39.8 Å². The van der Waals surface area contributed by atoms with Crippen LogP contribution < -0.4 is 11.2 Å². The van der Waals surface area contributed by atoms with Crippen LogP contribution in [0.3, 0.4) is 0 Å². The highest BCUT2D eigenvalue weighted by atomic mass is 16.6. The Balaban J connectivity index is 2.85. The van der Waals surface area contributed by atoms with E-state index in [-0.39, 0.29) is 18.7 Å². The zero-order valence-electron chi connectivity index (χ0n) is 16.6. The Kier molecular flexibility index (Phi) is 7.53. The molecular formula is C17H26N4O7. The number of hydrogen-bond acceptors (Lipinski definition) is 6. The zero-order valence-corrected chi connectivity index (χ0v) is 16.6. The number of rotatable bonds is 7. The average molecular weight is 398 g/mol. The number of ether oxygens (including phenoxy) is 1. The van der Waals surface area contributed by atoms with Crippen LogP contribution in [0.25, 0.3) is 0 Å². The second-order valence-corrected chi connectivity index (χ2v) is 7.31. The number of aromatic nitrogens is 2. The molecular weight excluding hydrogens is 372 g/mol. The van der Waals surface area contributed by atoms with E-state index >= 15 is 0 Å². The Bertz CT molecular complexity index is 850. The van der Waals surface area contributed by atoms with E-state index in [0.29, 0.717) is 0 Å². The molecule has 1 aromatic rings. The maximum atomic E-state index is 12.5. The summed E-state index contributed by atoms with van der Waals surface area (Å²) >= 11 is 0. The number of hydrogen-bond donors (Lipinski definition) is 2. The monoisotopic (exact) mass is 398 g/mol. The molecule has 0 aromatic carbocycles. The van der Waals surface area contributed by atoms with Crippen LogP contribution in [0.15, 0.2) is 15.8 Å². The first-order chi connectivity index (χ1) is 12.8. The SMILES string of the molecule is Cc1cn(CC(=O)N(CCN(C)C(=O)OC(C)(C)C)CC(=O)O)c(=O)[nH]c1=O. The van der Waals surface area contributed by atoms with Gasteiger partial charge in [0.25, 0.3) is 5.56 Å². The molecule has 0 aliphatic heterocycles. The highest BCUT2D eigenvalue weighted by Gasteiger charge is 2.22. The lowest BCUT2D eigenvalue weighted by molar-refractivity contribution is -0.144. The number of aromatic amines is 1. The highest BCUT2D eigenvalue weighted by molar-refractivity contribution is 5.81. The summed E-state index contributed by atoms with van der Waals surface area (Å²) in [6.07, 6.45) is 0.618. The molecule has 0 saturated carbocycles. The molecule has 1 rings (SSSR count). The van der Waals surface area contributed by atoms with E-state index < -0.39 is 47.9 Å². The summed E-state index contributed by atoms with van der Waals surface area (Å²) < 4.78 is 6.19. The van der Waals surface area contributed by atoms with Gasteiger partial charge in [-0.3, -0.25) is 23.9 Å². The molecule has 0 unspecified atom stereocenters. The summed E-state index contributed by atoms with van der Waals surface area (Å²) in [5, 5.41) is 9.05. The van der Waals surface area contributed by atoms with Crippen LogP contribution >= 0.6 is 0 Å². The Hall–Kier alpha value is -3.11. The van der Waals surface area contributed by atoms with Crippen LogP contribution in [0.4, 0.5) is 4.79 Å². The molecule has 0 radical (unpaired) electrons. The summed E-state index contributed by atoms with van der Waals surface area (Å²) in [7, 11) is 1.47. The van der Waals surface area contributed by atoms with Gasteiger partial charge in [-0.15, -0.1) is 0 Å². The van der Waals surface area contributed by atoms with Gasteiger partial charge in [-0.05, 0) is 27.7 Å². The number of carbonyl (C=O) groups excluding carboxylic acids is 2. The summed E-state index contributed by atoms with van der Waals surface area (Å²) in [4.78, 5) is 63.1. The molecule has 0 atom stereocenters. The van der Waals surface area contributed by atoms with Gasteiger partial charge >= 0.3 is 17.8 Å². The van der Waals surface area contributed by atoms with Crippen LogP contribution in [0.1, 0.15) is 26.3 Å². The number of H-pyrrole nitrogens is 1. The normalized spacial score (nSPS) is 11.0. The average Bonchev–Trinajstić information content (AvgIpc) is 2.54. The van der Waals surface area contributed by atoms with E-state index in [2.05, 4.69) is 4.98 Å². The topological polar surface area (TPSA) is 142 Å². The van der Waals surface area contributed by atoms with Gasteiger partial charge in [0.15, 0.2) is 0 Å². The van der Waals surface area contributed by atoms with Gasteiger partial charge in [-0.2, -0.15) is 0 Å². The second-order valence-electron chi connectivity index (χ2n) is 7.31. The lowest BCUT2D eigenvalue weighted by atomic mass is 10.2. The number of carbonyl (C=O) groups is 3. The summed E-state index contributed by atoms with van der Waals surface area (Å²) in [5.41, 5.74) is -1.78. The maximum Gasteiger partial charge on any atom is 0.410 e. The summed E-state index contributed by atoms with van der Waals surface area (Å²) in [6.45, 7) is 5.53. The Morgan fingerprint density at radius 1 is 1.21 bits per heavy atom. The van der Waals surface area contributed by atoms with Gasteiger partial charge < -0.3 is 19.6 Å². The number of amides is 2. The van der Waals surface area contributed by atoms with E-state index in [4.69, 9.17) is 9.84 Å². The smallest absolute Gasteiger partial charge is 0.410 e. The van der Waals surface area contributed by atoms with Crippen LogP contribution in [0.2, 0.25) is 0 Å². The molecule has 0 fully saturated rings. The summed E-state index contributed by atoms with van der Waals surface area (Å²) in [6, 6.07) is 0. The molecule has 1 aromatic heterocycles. The molecule has 0 bridgehead atoms. The van der Waals surface area contributed by atoms with E-state index in [9.17, 15) is 24.0 Å². The number of aliphatic carboxylic acids is 1. The molecule has 0 saturated heterocycles. The Labute approximate surface area is 161 Å². The van der Waals surface area contributed by atoms with Crippen molar-refractivity contribution in [3.63, 3.8) is 0 Å². The van der Waals surface area contributed by atoms with Crippen molar-refractivity contribution < 1.29 is 24.2 Å². The number of nitrogens with one attached hydrogen (secondary N) is 1. The molecule has 2 amide bonds. The standard InChI is InChI=1S/C17H26N4O7/c1-11-8-21(15(26)18-14(11)25)9-12(22)20(10-13(23)24)7-6-19(5)16(27)28-17(2,3)4/h8H,6-7,9-10H2,1-5H3,(H,23,24)(H,18,25,26). The minimum absolute atomic E-state index is 0.0352. The quantitative estimate of drug-likeness (QED) is 0.638. The molecule has 11 heteroatoms. The van der Waals surface area contributed by atoms with Crippen LogP contribution in [0, 0.1) is 6.92 Å². The number of aryl methyl sites for hydroxylation is 1. The van der Waals surface area contributed by atoms with Crippen molar-refractivity contribution in [2.75, 3.05) is 26.7 Å². The first-order valence-electron chi connectivity index (χ1n) is 8.54. The molecule has 28 heavy (non-hydrogen) atoms. The van der Waals surface area contributed by atoms with E-state index in [1.807, 2.05) is 0 Å². The Morgan fingerprint density at radius 2 is 1.82 bits per heavy atom. The fourth-order valence-electron chi connectivity index (χ4n) is 2.14. The second kappa shape index (κ2) is 9.20. The van der Waals surface area contributed by atoms with Crippen molar-refractivity contribution in [3.8, 4) is 0 Å². The van der Waals surface area contributed by atoms with Crippen molar-refractivity contribution >= 4 is 18.0 Å². The third-order valence-corrected chi connectivity index (χ3v) is 3.58. The zero-order chi connectivity index (χ0) is 21.6. The highest BCUT2D eigenvalue weighted by Crippen LogP contribution is 2.09. The molecule has 1 heterocycles. The first-order valence-corrected chi connectivity index (χ1v) is 8.54.